The van der Waals surface area contributed by atoms with E-state index in [2.05, 4.69) is 10.2 Å². The molecule has 0 fully saturated rings. The fourth-order valence-electron chi connectivity index (χ4n) is 2.62. The van der Waals surface area contributed by atoms with E-state index in [-0.39, 0.29) is 11.7 Å². The van der Waals surface area contributed by atoms with Crippen molar-refractivity contribution in [2.24, 2.45) is 0 Å². The van der Waals surface area contributed by atoms with Gasteiger partial charge in [-0.25, -0.2) is 4.79 Å². The number of hydrogen-bond donors (Lipinski definition) is 0. The molecular weight excluding hydrogens is 380 g/mol. The summed E-state index contributed by atoms with van der Waals surface area (Å²) in [6.07, 6.45) is -0.730. The molecule has 0 N–H and O–H groups in total. The van der Waals surface area contributed by atoms with E-state index in [9.17, 15) is 4.79 Å². The Morgan fingerprint density at radius 1 is 0.964 bits per heavy atom. The van der Waals surface area contributed by atoms with E-state index in [1.54, 1.807) is 19.1 Å². The third-order valence-electron chi connectivity index (χ3n) is 4.04. The van der Waals surface area contributed by atoms with Gasteiger partial charge in [0, 0.05) is 11.1 Å². The second kappa shape index (κ2) is 7.70. The van der Waals surface area contributed by atoms with Gasteiger partial charge in [0.1, 0.15) is 5.76 Å². The lowest BCUT2D eigenvalue weighted by Gasteiger charge is -2.07. The molecule has 140 valence electrons. The highest BCUT2D eigenvalue weighted by atomic mass is 35.5. The van der Waals surface area contributed by atoms with Crippen LogP contribution >= 0.6 is 11.6 Å². The van der Waals surface area contributed by atoms with Crippen molar-refractivity contribution in [2.75, 3.05) is 0 Å². The van der Waals surface area contributed by atoms with Crippen LogP contribution in [0.2, 0.25) is 5.02 Å². The highest BCUT2D eigenvalue weighted by Crippen LogP contribution is 2.30. The Balaban J connectivity index is 1.47. The zero-order chi connectivity index (χ0) is 19.5. The van der Waals surface area contributed by atoms with Crippen molar-refractivity contribution >= 4 is 17.6 Å². The maximum atomic E-state index is 12.4. The highest BCUT2D eigenvalue weighted by Gasteiger charge is 2.22. The van der Waals surface area contributed by atoms with Crippen LogP contribution in [0.15, 0.2) is 75.6 Å². The van der Waals surface area contributed by atoms with Crippen LogP contribution < -0.4 is 0 Å². The van der Waals surface area contributed by atoms with Gasteiger partial charge in [-0.1, -0.05) is 41.9 Å². The Labute approximate surface area is 165 Å². The van der Waals surface area contributed by atoms with Gasteiger partial charge in [-0.15, -0.1) is 10.2 Å². The molecule has 7 heteroatoms. The minimum atomic E-state index is -0.730. The third-order valence-corrected chi connectivity index (χ3v) is 4.37. The van der Waals surface area contributed by atoms with Crippen LogP contribution in [0.5, 0.6) is 0 Å². The van der Waals surface area contributed by atoms with E-state index in [0.717, 1.165) is 5.56 Å². The van der Waals surface area contributed by atoms with Crippen LogP contribution in [0.3, 0.4) is 0 Å². The van der Waals surface area contributed by atoms with Gasteiger partial charge in [0.25, 0.3) is 5.89 Å². The molecule has 0 aliphatic rings. The van der Waals surface area contributed by atoms with Crippen molar-refractivity contribution in [2.45, 2.75) is 13.0 Å². The summed E-state index contributed by atoms with van der Waals surface area (Å²) in [4.78, 5) is 12.4. The first-order valence-electron chi connectivity index (χ1n) is 8.56. The topological polar surface area (TPSA) is 78.4 Å². The van der Waals surface area contributed by atoms with Crippen molar-refractivity contribution in [1.82, 2.24) is 10.2 Å². The Hall–Kier alpha value is -3.38. The molecule has 2 heterocycles. The Kier molecular flexibility index (Phi) is 4.95. The zero-order valence-corrected chi connectivity index (χ0v) is 15.6. The second-order valence-electron chi connectivity index (χ2n) is 6.00. The predicted molar refractivity (Wildman–Crippen MR) is 103 cm³/mol. The molecule has 1 atom stereocenters. The van der Waals surface area contributed by atoms with Crippen molar-refractivity contribution < 1.29 is 18.4 Å². The maximum absolute atomic E-state index is 12.4. The number of hydrogen-bond acceptors (Lipinski definition) is 6. The van der Waals surface area contributed by atoms with Crippen LogP contribution in [0, 0.1) is 0 Å². The Morgan fingerprint density at radius 2 is 1.71 bits per heavy atom. The summed E-state index contributed by atoms with van der Waals surface area (Å²) < 4.78 is 16.6. The number of nitrogens with zero attached hydrogens (tertiary/aromatic N) is 2. The molecule has 2 aromatic heterocycles. The van der Waals surface area contributed by atoms with Gasteiger partial charge < -0.3 is 13.6 Å². The summed E-state index contributed by atoms with van der Waals surface area (Å²) in [5.41, 5.74) is 1.48. The predicted octanol–water partition coefficient (Wildman–Crippen LogP) is 5.57. The molecule has 0 saturated carbocycles. The highest BCUT2D eigenvalue weighted by molar-refractivity contribution is 6.33. The molecule has 0 aliphatic carbocycles. The van der Waals surface area contributed by atoms with E-state index in [0.29, 0.717) is 22.2 Å². The maximum Gasteiger partial charge on any atom is 0.375 e. The van der Waals surface area contributed by atoms with E-state index < -0.39 is 12.1 Å². The minimum Gasteiger partial charge on any atom is -0.449 e. The quantitative estimate of drug-likeness (QED) is 0.412. The number of rotatable bonds is 5. The van der Waals surface area contributed by atoms with E-state index in [1.165, 1.54) is 6.07 Å². The molecule has 0 bridgehead atoms. The number of ether oxygens (including phenoxy) is 1. The molecule has 0 radical (unpaired) electrons. The molecule has 28 heavy (non-hydrogen) atoms. The first kappa shape index (κ1) is 18.0. The van der Waals surface area contributed by atoms with Gasteiger partial charge in [-0.05, 0) is 43.3 Å². The van der Waals surface area contributed by atoms with Crippen molar-refractivity contribution in [1.29, 1.82) is 0 Å². The number of esters is 1. The minimum absolute atomic E-state index is 0.0598. The summed E-state index contributed by atoms with van der Waals surface area (Å²) in [7, 11) is 0. The molecule has 0 saturated heterocycles. The molecule has 0 amide bonds. The summed E-state index contributed by atoms with van der Waals surface area (Å²) in [5, 5.41) is 8.49. The summed E-state index contributed by atoms with van der Waals surface area (Å²) in [5.74, 6) is 0.465. The lowest BCUT2D eigenvalue weighted by atomic mass is 10.2. The zero-order valence-electron chi connectivity index (χ0n) is 14.8. The van der Waals surface area contributed by atoms with Gasteiger partial charge in [0.15, 0.2) is 6.10 Å². The lowest BCUT2D eigenvalue weighted by Crippen LogP contribution is -2.08. The molecule has 0 unspecified atom stereocenters. The first-order valence-corrected chi connectivity index (χ1v) is 8.94. The molecule has 0 spiro atoms. The summed E-state index contributed by atoms with van der Waals surface area (Å²) in [6.45, 7) is 1.65. The first-order chi connectivity index (χ1) is 13.6. The SMILES string of the molecule is C[C@@H](OC(=O)c1ccc(-c2ccccc2Cl)o1)c1nnc(-c2ccccc2)o1. The fraction of sp³-hybridized carbons (Fsp3) is 0.0952. The van der Waals surface area contributed by atoms with Crippen LogP contribution in [0.4, 0.5) is 0 Å². The van der Waals surface area contributed by atoms with Crippen molar-refractivity contribution in [3.05, 3.63) is 83.4 Å². The average Bonchev–Trinajstić information content (AvgIpc) is 3.39. The van der Waals surface area contributed by atoms with Crippen molar-refractivity contribution in [3.63, 3.8) is 0 Å². The fourth-order valence-corrected chi connectivity index (χ4v) is 2.85. The molecule has 0 aliphatic heterocycles. The molecule has 4 aromatic rings. The summed E-state index contributed by atoms with van der Waals surface area (Å²) in [6, 6.07) is 19.8. The van der Waals surface area contributed by atoms with Gasteiger partial charge in [0.05, 0.1) is 5.02 Å². The third kappa shape index (κ3) is 3.68. The smallest absolute Gasteiger partial charge is 0.375 e. The number of furan rings is 1. The Bertz CT molecular complexity index is 1100. The molecule has 2 aromatic carbocycles. The van der Waals surface area contributed by atoms with Gasteiger partial charge in [-0.2, -0.15) is 0 Å². The largest absolute Gasteiger partial charge is 0.449 e. The van der Waals surface area contributed by atoms with Gasteiger partial charge >= 0.3 is 5.97 Å². The second-order valence-corrected chi connectivity index (χ2v) is 6.41. The van der Waals surface area contributed by atoms with Crippen LogP contribution in [0.25, 0.3) is 22.8 Å². The Morgan fingerprint density at radius 3 is 2.50 bits per heavy atom. The van der Waals surface area contributed by atoms with E-state index in [1.807, 2.05) is 48.5 Å². The van der Waals surface area contributed by atoms with E-state index >= 15 is 0 Å². The number of carbonyl (C=O) groups excluding carboxylic acids is 1. The molecular formula is C21H15ClN2O4. The standard InChI is InChI=1S/C21H15ClN2O4/c1-13(19-23-24-20(28-19)14-7-3-2-4-8-14)26-21(25)18-12-11-17(27-18)15-9-5-6-10-16(15)22/h2-13H,1H3/t13-/m1/s1. The van der Waals surface area contributed by atoms with Crippen LogP contribution in [0.1, 0.15) is 29.5 Å². The number of benzene rings is 2. The average molecular weight is 395 g/mol. The lowest BCUT2D eigenvalue weighted by molar-refractivity contribution is 0.0245. The normalized spacial score (nSPS) is 11.9. The molecule has 6 nitrogen and oxygen atoms in total. The van der Waals surface area contributed by atoms with Crippen LogP contribution in [-0.2, 0) is 4.74 Å². The van der Waals surface area contributed by atoms with Gasteiger partial charge in [-0.3, -0.25) is 0 Å². The summed E-state index contributed by atoms with van der Waals surface area (Å²) >= 11 is 6.16. The van der Waals surface area contributed by atoms with Crippen LogP contribution in [-0.4, -0.2) is 16.2 Å². The molecule has 4 rings (SSSR count). The number of halogens is 1. The number of aromatic nitrogens is 2. The monoisotopic (exact) mass is 394 g/mol. The number of carbonyl (C=O) groups is 1. The van der Waals surface area contributed by atoms with Gasteiger partial charge in [0.2, 0.25) is 11.7 Å². The van der Waals surface area contributed by atoms with E-state index in [4.69, 9.17) is 25.2 Å². The van der Waals surface area contributed by atoms with Crippen molar-refractivity contribution in [3.8, 4) is 22.8 Å².